The molecular weight excluding hydrogens is 186 g/mol. The Balaban J connectivity index is 0.000000845. The van der Waals surface area contributed by atoms with Crippen LogP contribution in [0.1, 0.15) is 5.56 Å². The fourth-order valence-corrected chi connectivity index (χ4v) is 1.36. The van der Waals surface area contributed by atoms with Crippen LogP contribution in [0.3, 0.4) is 0 Å². The van der Waals surface area contributed by atoms with E-state index in [1.54, 1.807) is 0 Å². The van der Waals surface area contributed by atoms with Gasteiger partial charge in [-0.05, 0) is 23.8 Å². The lowest BCUT2D eigenvalue weighted by atomic mass is 10.1. The van der Waals surface area contributed by atoms with Gasteiger partial charge in [-0.15, -0.1) is 12.4 Å². The van der Waals surface area contributed by atoms with Gasteiger partial charge in [-0.1, -0.05) is 0 Å². The van der Waals surface area contributed by atoms with Gasteiger partial charge >= 0.3 is 0 Å². The first kappa shape index (κ1) is 9.89. The highest BCUT2D eigenvalue weighted by Crippen LogP contribution is 2.20. The molecule has 70 valence electrons. The van der Waals surface area contributed by atoms with Crippen molar-refractivity contribution in [1.29, 1.82) is 0 Å². The maximum atomic E-state index is 5.65. The quantitative estimate of drug-likeness (QED) is 0.609. The first-order valence-electron chi connectivity index (χ1n) is 3.87. The summed E-state index contributed by atoms with van der Waals surface area (Å²) in [6, 6.07) is 5.77. The average molecular weight is 198 g/mol. The van der Waals surface area contributed by atoms with E-state index in [0.29, 0.717) is 6.54 Å². The number of H-pyrrole nitrogens is 1. The maximum Gasteiger partial charge on any atom is 0.0458 e. The van der Waals surface area contributed by atoms with E-state index in [9.17, 15) is 0 Å². The predicted octanol–water partition coefficient (Wildman–Crippen LogP) is 1.63. The van der Waals surface area contributed by atoms with Crippen molar-refractivity contribution in [2.45, 2.75) is 6.54 Å². The Labute approximate surface area is 82.5 Å². The molecule has 5 N–H and O–H groups in total. The van der Waals surface area contributed by atoms with Gasteiger partial charge in [0.05, 0.1) is 0 Å². The van der Waals surface area contributed by atoms with Crippen LogP contribution in [0.15, 0.2) is 24.4 Å². The normalized spacial score (nSPS) is 9.92. The van der Waals surface area contributed by atoms with Gasteiger partial charge in [0, 0.05) is 29.3 Å². The third kappa shape index (κ3) is 1.61. The molecule has 3 nitrogen and oxygen atoms in total. The van der Waals surface area contributed by atoms with Crippen molar-refractivity contribution < 1.29 is 0 Å². The number of aromatic amines is 1. The summed E-state index contributed by atoms with van der Waals surface area (Å²) in [5.41, 5.74) is 14.2. The maximum absolute atomic E-state index is 5.65. The summed E-state index contributed by atoms with van der Waals surface area (Å²) < 4.78 is 0. The molecule has 0 saturated carbocycles. The van der Waals surface area contributed by atoms with Gasteiger partial charge in [-0.3, -0.25) is 0 Å². The fraction of sp³-hybridized carbons (Fsp3) is 0.111. The van der Waals surface area contributed by atoms with Crippen molar-refractivity contribution >= 4 is 29.0 Å². The van der Waals surface area contributed by atoms with Gasteiger partial charge in [-0.2, -0.15) is 0 Å². The van der Waals surface area contributed by atoms with Gasteiger partial charge in [-0.25, -0.2) is 0 Å². The number of anilines is 1. The van der Waals surface area contributed by atoms with E-state index in [2.05, 4.69) is 4.98 Å². The number of halogens is 1. The van der Waals surface area contributed by atoms with Crippen LogP contribution < -0.4 is 11.5 Å². The zero-order chi connectivity index (χ0) is 8.55. The SMILES string of the molecule is Cl.NCc1c[nH]c2ccc(N)cc12. The second-order valence-corrected chi connectivity index (χ2v) is 2.82. The molecule has 0 aliphatic heterocycles. The van der Waals surface area contributed by atoms with Crippen LogP contribution in [0.5, 0.6) is 0 Å². The van der Waals surface area contributed by atoms with E-state index in [4.69, 9.17) is 11.5 Å². The van der Waals surface area contributed by atoms with Gasteiger partial charge in [0.25, 0.3) is 0 Å². The Bertz CT molecular complexity index is 408. The molecule has 0 saturated heterocycles. The molecule has 0 aliphatic rings. The minimum atomic E-state index is 0. The summed E-state index contributed by atoms with van der Waals surface area (Å²) in [6.07, 6.45) is 1.92. The highest BCUT2D eigenvalue weighted by molar-refractivity contribution is 5.86. The lowest BCUT2D eigenvalue weighted by molar-refractivity contribution is 1.08. The molecule has 1 heterocycles. The molecule has 1 aromatic heterocycles. The van der Waals surface area contributed by atoms with Crippen LogP contribution in [-0.2, 0) is 6.54 Å². The number of rotatable bonds is 1. The molecule has 0 fully saturated rings. The van der Waals surface area contributed by atoms with E-state index in [1.165, 1.54) is 0 Å². The van der Waals surface area contributed by atoms with E-state index in [1.807, 2.05) is 24.4 Å². The van der Waals surface area contributed by atoms with Crippen molar-refractivity contribution in [1.82, 2.24) is 4.98 Å². The topological polar surface area (TPSA) is 67.8 Å². The Morgan fingerprint density at radius 2 is 2.08 bits per heavy atom. The standard InChI is InChI=1S/C9H11N3.ClH/c10-4-6-5-12-9-2-1-7(11)3-8(6)9;/h1-3,5,12H,4,10-11H2;1H. The molecule has 2 rings (SSSR count). The second-order valence-electron chi connectivity index (χ2n) is 2.82. The van der Waals surface area contributed by atoms with Gasteiger partial charge in [0.1, 0.15) is 0 Å². The van der Waals surface area contributed by atoms with Crippen molar-refractivity contribution in [2.24, 2.45) is 5.73 Å². The Hall–Kier alpha value is -1.19. The second kappa shape index (κ2) is 3.68. The van der Waals surface area contributed by atoms with E-state index >= 15 is 0 Å². The number of nitrogens with two attached hydrogens (primary N) is 2. The van der Waals surface area contributed by atoms with Crippen LogP contribution in [0.4, 0.5) is 5.69 Å². The molecule has 0 radical (unpaired) electrons. The minimum absolute atomic E-state index is 0. The summed E-state index contributed by atoms with van der Waals surface area (Å²) in [5, 5.41) is 1.12. The molecule has 0 amide bonds. The third-order valence-electron chi connectivity index (χ3n) is 2.01. The number of benzene rings is 1. The van der Waals surface area contributed by atoms with E-state index in [0.717, 1.165) is 22.2 Å². The number of nitrogens with one attached hydrogen (secondary N) is 1. The van der Waals surface area contributed by atoms with Crippen molar-refractivity contribution in [2.75, 3.05) is 5.73 Å². The smallest absolute Gasteiger partial charge is 0.0458 e. The molecule has 0 atom stereocenters. The lowest BCUT2D eigenvalue weighted by Crippen LogP contribution is -1.94. The van der Waals surface area contributed by atoms with Crippen LogP contribution in [0.2, 0.25) is 0 Å². The van der Waals surface area contributed by atoms with E-state index in [-0.39, 0.29) is 12.4 Å². The summed E-state index contributed by atoms with van der Waals surface area (Å²) in [5.74, 6) is 0. The largest absolute Gasteiger partial charge is 0.399 e. The Kier molecular flexibility index (Phi) is 2.80. The summed E-state index contributed by atoms with van der Waals surface area (Å²) >= 11 is 0. The number of hydrogen-bond donors (Lipinski definition) is 3. The van der Waals surface area contributed by atoms with E-state index < -0.39 is 0 Å². The summed E-state index contributed by atoms with van der Waals surface area (Å²) in [7, 11) is 0. The third-order valence-corrected chi connectivity index (χ3v) is 2.01. The lowest BCUT2D eigenvalue weighted by Gasteiger charge is -1.95. The zero-order valence-corrected chi connectivity index (χ0v) is 7.90. The molecule has 0 spiro atoms. The molecule has 0 bridgehead atoms. The van der Waals surface area contributed by atoms with Crippen LogP contribution in [0.25, 0.3) is 10.9 Å². The van der Waals surface area contributed by atoms with Crippen LogP contribution in [0, 0.1) is 0 Å². The Morgan fingerprint density at radius 3 is 2.77 bits per heavy atom. The highest BCUT2D eigenvalue weighted by Gasteiger charge is 2.00. The van der Waals surface area contributed by atoms with Crippen molar-refractivity contribution in [3.63, 3.8) is 0 Å². The van der Waals surface area contributed by atoms with Gasteiger partial charge in [0.15, 0.2) is 0 Å². The first-order chi connectivity index (χ1) is 5.81. The fourth-order valence-electron chi connectivity index (χ4n) is 1.36. The summed E-state index contributed by atoms with van der Waals surface area (Å²) in [6.45, 7) is 0.545. The van der Waals surface area contributed by atoms with Crippen molar-refractivity contribution in [3.05, 3.63) is 30.0 Å². The van der Waals surface area contributed by atoms with Gasteiger partial charge < -0.3 is 16.5 Å². The zero-order valence-electron chi connectivity index (χ0n) is 7.08. The van der Waals surface area contributed by atoms with Crippen LogP contribution in [-0.4, -0.2) is 4.98 Å². The molecule has 2 aromatic rings. The molecule has 13 heavy (non-hydrogen) atoms. The number of hydrogen-bond acceptors (Lipinski definition) is 2. The Morgan fingerprint density at radius 1 is 1.31 bits per heavy atom. The molecule has 4 heteroatoms. The minimum Gasteiger partial charge on any atom is -0.399 e. The molecule has 0 aliphatic carbocycles. The van der Waals surface area contributed by atoms with Crippen molar-refractivity contribution in [3.8, 4) is 0 Å². The monoisotopic (exact) mass is 197 g/mol. The van der Waals surface area contributed by atoms with Crippen LogP contribution >= 0.6 is 12.4 Å². The summed E-state index contributed by atoms with van der Waals surface area (Å²) in [4.78, 5) is 3.13. The number of aromatic nitrogens is 1. The number of nitrogen functional groups attached to an aromatic ring is 1. The highest BCUT2D eigenvalue weighted by atomic mass is 35.5. The van der Waals surface area contributed by atoms with Gasteiger partial charge in [0.2, 0.25) is 0 Å². The average Bonchev–Trinajstić information content (AvgIpc) is 2.46. The molecule has 1 aromatic carbocycles. The predicted molar refractivity (Wildman–Crippen MR) is 57.9 cm³/mol. The molecular formula is C9H12ClN3. The number of fused-ring (bicyclic) bond motifs is 1. The molecule has 0 unspecified atom stereocenters. The first-order valence-corrected chi connectivity index (χ1v) is 3.87.